The van der Waals surface area contributed by atoms with Gasteiger partial charge in [0.15, 0.2) is 0 Å². The maximum absolute atomic E-state index is 12.3. The van der Waals surface area contributed by atoms with E-state index in [1.54, 1.807) is 4.68 Å². The third-order valence-electron chi connectivity index (χ3n) is 4.66. The van der Waals surface area contributed by atoms with Crippen molar-refractivity contribution in [2.75, 3.05) is 26.2 Å². The van der Waals surface area contributed by atoms with Gasteiger partial charge in [-0.25, -0.2) is 4.68 Å². The van der Waals surface area contributed by atoms with Gasteiger partial charge >= 0.3 is 5.97 Å². The molecule has 0 amide bonds. The molecule has 0 fully saturated rings. The van der Waals surface area contributed by atoms with E-state index >= 15 is 0 Å². The minimum absolute atomic E-state index is 0.0103. The molecule has 0 unspecified atom stereocenters. The molecule has 2 heterocycles. The van der Waals surface area contributed by atoms with E-state index in [2.05, 4.69) is 34.0 Å². The highest BCUT2D eigenvalue weighted by molar-refractivity contribution is 5.70. The molecule has 3 rings (SSSR count). The zero-order chi connectivity index (χ0) is 20.8. The van der Waals surface area contributed by atoms with Crippen molar-refractivity contribution < 1.29 is 13.9 Å². The number of rotatable bonds is 9. The van der Waals surface area contributed by atoms with E-state index in [-0.39, 0.29) is 12.5 Å². The zero-order valence-electron chi connectivity index (χ0n) is 17.4. The highest BCUT2D eigenvalue weighted by Crippen LogP contribution is 2.25. The van der Waals surface area contributed by atoms with Gasteiger partial charge in [0.2, 0.25) is 5.89 Å². The van der Waals surface area contributed by atoms with Crippen molar-refractivity contribution in [3.63, 3.8) is 0 Å². The summed E-state index contributed by atoms with van der Waals surface area (Å²) in [5.41, 5.74) is 3.30. The summed E-state index contributed by atoms with van der Waals surface area (Å²) in [4.78, 5) is 14.5. The molecule has 0 bridgehead atoms. The van der Waals surface area contributed by atoms with Crippen LogP contribution in [0, 0.1) is 13.8 Å². The van der Waals surface area contributed by atoms with Crippen molar-refractivity contribution in [2.24, 2.45) is 0 Å². The van der Waals surface area contributed by atoms with Crippen LogP contribution in [0.3, 0.4) is 0 Å². The number of hydrogen-bond donors (Lipinski definition) is 0. The van der Waals surface area contributed by atoms with Gasteiger partial charge in [0.25, 0.3) is 5.89 Å². The number of nitrogens with zero attached hydrogens (tertiary/aromatic N) is 5. The molecule has 29 heavy (non-hydrogen) atoms. The number of hydrogen-bond acceptors (Lipinski definition) is 7. The Hall–Kier alpha value is -3.00. The van der Waals surface area contributed by atoms with Crippen LogP contribution in [-0.2, 0) is 16.1 Å². The third kappa shape index (κ3) is 5.29. The molecule has 154 valence electrons. The number of aromatic nitrogens is 4. The first-order chi connectivity index (χ1) is 14.0. The Bertz CT molecular complexity index is 959. The highest BCUT2D eigenvalue weighted by Gasteiger charge is 2.18. The molecule has 2 aromatic heterocycles. The molecule has 0 spiro atoms. The Kier molecular flexibility index (Phi) is 6.77. The summed E-state index contributed by atoms with van der Waals surface area (Å²) in [7, 11) is 0. The number of esters is 1. The van der Waals surface area contributed by atoms with Gasteiger partial charge in [0.05, 0.1) is 5.69 Å². The standard InChI is InChI=1S/C21H27N5O3/c1-5-25(6-2)10-11-28-19(27)14-26-18(13-16(4)24-26)21-23-22-20(29-21)17-9-7-8-15(3)12-17/h7-9,12-13H,5-6,10-11,14H2,1-4H3. The maximum atomic E-state index is 12.3. The van der Waals surface area contributed by atoms with Gasteiger partial charge in [0, 0.05) is 12.1 Å². The molecule has 8 heteroatoms. The lowest BCUT2D eigenvalue weighted by Crippen LogP contribution is -2.28. The van der Waals surface area contributed by atoms with E-state index in [0.29, 0.717) is 30.6 Å². The van der Waals surface area contributed by atoms with E-state index in [9.17, 15) is 4.79 Å². The average Bonchev–Trinajstić information content (AvgIpc) is 3.32. The van der Waals surface area contributed by atoms with Crippen molar-refractivity contribution >= 4 is 5.97 Å². The molecule has 0 aliphatic rings. The number of ether oxygens (including phenoxy) is 1. The summed E-state index contributed by atoms with van der Waals surface area (Å²) in [6.07, 6.45) is 0. The Morgan fingerprint density at radius 3 is 2.62 bits per heavy atom. The largest absolute Gasteiger partial charge is 0.463 e. The normalized spacial score (nSPS) is 11.2. The van der Waals surface area contributed by atoms with Crippen LogP contribution in [-0.4, -0.2) is 57.1 Å². The van der Waals surface area contributed by atoms with Gasteiger partial charge in [-0.1, -0.05) is 31.5 Å². The Morgan fingerprint density at radius 1 is 1.14 bits per heavy atom. The zero-order valence-corrected chi connectivity index (χ0v) is 17.4. The second kappa shape index (κ2) is 9.47. The molecular formula is C21H27N5O3. The van der Waals surface area contributed by atoms with Gasteiger partial charge in [-0.3, -0.25) is 4.79 Å². The van der Waals surface area contributed by atoms with Crippen LogP contribution < -0.4 is 0 Å². The van der Waals surface area contributed by atoms with Crippen molar-refractivity contribution in [2.45, 2.75) is 34.2 Å². The molecule has 0 N–H and O–H groups in total. The number of likely N-dealkylation sites (N-methyl/N-ethyl adjacent to an activating group) is 1. The molecule has 0 radical (unpaired) electrons. The average molecular weight is 397 g/mol. The molecular weight excluding hydrogens is 370 g/mol. The summed E-state index contributed by atoms with van der Waals surface area (Å²) >= 11 is 0. The number of benzene rings is 1. The first kappa shape index (κ1) is 20.7. The van der Waals surface area contributed by atoms with Crippen LogP contribution in [0.2, 0.25) is 0 Å². The molecule has 8 nitrogen and oxygen atoms in total. The van der Waals surface area contributed by atoms with E-state index in [0.717, 1.165) is 29.9 Å². The molecule has 0 atom stereocenters. The molecule has 1 aromatic carbocycles. The summed E-state index contributed by atoms with van der Waals surface area (Å²) in [6.45, 7) is 10.9. The molecule has 3 aromatic rings. The van der Waals surface area contributed by atoms with Gasteiger partial charge in [-0.05, 0) is 45.1 Å². The summed E-state index contributed by atoms with van der Waals surface area (Å²) in [5, 5.41) is 12.7. The Morgan fingerprint density at radius 2 is 1.90 bits per heavy atom. The smallest absolute Gasteiger partial charge is 0.327 e. The fraction of sp³-hybridized carbons (Fsp3) is 0.429. The lowest BCUT2D eigenvalue weighted by Gasteiger charge is -2.17. The Balaban J connectivity index is 1.70. The second-order valence-electron chi connectivity index (χ2n) is 6.86. The third-order valence-corrected chi connectivity index (χ3v) is 4.66. The van der Waals surface area contributed by atoms with E-state index in [4.69, 9.17) is 9.15 Å². The lowest BCUT2D eigenvalue weighted by molar-refractivity contribution is -0.144. The molecule has 0 saturated heterocycles. The topological polar surface area (TPSA) is 86.3 Å². The van der Waals surface area contributed by atoms with Gasteiger partial charge < -0.3 is 14.1 Å². The highest BCUT2D eigenvalue weighted by atomic mass is 16.5. The monoisotopic (exact) mass is 397 g/mol. The molecule has 0 aliphatic heterocycles. The number of aryl methyl sites for hydroxylation is 2. The summed E-state index contributed by atoms with van der Waals surface area (Å²) < 4.78 is 12.8. The summed E-state index contributed by atoms with van der Waals surface area (Å²) in [5.74, 6) is 0.397. The molecule has 0 aliphatic carbocycles. The van der Waals surface area contributed by atoms with Crippen LogP contribution in [0.5, 0.6) is 0 Å². The van der Waals surface area contributed by atoms with Gasteiger partial charge in [-0.15, -0.1) is 10.2 Å². The van der Waals surface area contributed by atoms with Crippen molar-refractivity contribution in [3.8, 4) is 23.0 Å². The fourth-order valence-corrected chi connectivity index (χ4v) is 3.06. The van der Waals surface area contributed by atoms with Crippen molar-refractivity contribution in [1.82, 2.24) is 24.9 Å². The fourth-order valence-electron chi connectivity index (χ4n) is 3.06. The first-order valence-electron chi connectivity index (χ1n) is 9.83. The number of carbonyl (C=O) groups is 1. The minimum Gasteiger partial charge on any atom is -0.463 e. The van der Waals surface area contributed by atoms with Crippen molar-refractivity contribution in [1.29, 1.82) is 0 Å². The number of carbonyl (C=O) groups excluding carboxylic acids is 1. The Labute approximate surface area is 170 Å². The van der Waals surface area contributed by atoms with Gasteiger partial charge in [0.1, 0.15) is 18.8 Å². The minimum atomic E-state index is -0.347. The van der Waals surface area contributed by atoms with Crippen LogP contribution >= 0.6 is 0 Å². The van der Waals surface area contributed by atoms with Crippen LogP contribution in [0.4, 0.5) is 0 Å². The van der Waals surface area contributed by atoms with Gasteiger partial charge in [-0.2, -0.15) is 5.10 Å². The van der Waals surface area contributed by atoms with Crippen LogP contribution in [0.15, 0.2) is 34.7 Å². The maximum Gasteiger partial charge on any atom is 0.327 e. The van der Waals surface area contributed by atoms with Crippen LogP contribution in [0.1, 0.15) is 25.1 Å². The predicted octanol–water partition coefficient (Wildman–Crippen LogP) is 3.10. The predicted molar refractivity (Wildman–Crippen MR) is 109 cm³/mol. The molecule has 0 saturated carbocycles. The second-order valence-corrected chi connectivity index (χ2v) is 6.86. The van der Waals surface area contributed by atoms with Crippen LogP contribution in [0.25, 0.3) is 23.0 Å². The van der Waals surface area contributed by atoms with Crippen molar-refractivity contribution in [3.05, 3.63) is 41.6 Å². The van der Waals surface area contributed by atoms with E-state index < -0.39 is 0 Å². The first-order valence-corrected chi connectivity index (χ1v) is 9.83. The quantitative estimate of drug-likeness (QED) is 0.513. The van der Waals surface area contributed by atoms with E-state index in [1.165, 1.54) is 0 Å². The summed E-state index contributed by atoms with van der Waals surface area (Å²) in [6, 6.07) is 9.66. The lowest BCUT2D eigenvalue weighted by atomic mass is 10.1. The van der Waals surface area contributed by atoms with E-state index in [1.807, 2.05) is 44.2 Å². The SMILES string of the molecule is CCN(CC)CCOC(=O)Cn1nc(C)cc1-c1nnc(-c2cccc(C)c2)o1.